The summed E-state index contributed by atoms with van der Waals surface area (Å²) in [6, 6.07) is 6.23. The third-order valence-electron chi connectivity index (χ3n) is 4.61. The van der Waals surface area contributed by atoms with E-state index in [2.05, 4.69) is 15.1 Å². The van der Waals surface area contributed by atoms with E-state index in [4.69, 9.17) is 4.52 Å². The fourth-order valence-corrected chi connectivity index (χ4v) is 3.83. The molecule has 1 aliphatic rings. The van der Waals surface area contributed by atoms with Gasteiger partial charge in [-0.1, -0.05) is 5.16 Å². The van der Waals surface area contributed by atoms with Gasteiger partial charge in [-0.2, -0.15) is 4.98 Å². The number of hydrogen-bond donors (Lipinski definition) is 0. The van der Waals surface area contributed by atoms with E-state index in [0.717, 1.165) is 18.6 Å². The highest BCUT2D eigenvalue weighted by Crippen LogP contribution is 2.34. The van der Waals surface area contributed by atoms with E-state index in [1.807, 2.05) is 6.26 Å². The molecule has 0 N–H and O–H groups in total. The lowest BCUT2D eigenvalue weighted by Crippen LogP contribution is -2.31. The molecule has 6 nitrogen and oxygen atoms in total. The smallest absolute Gasteiger partial charge is 0.257 e. The first-order valence-electron chi connectivity index (χ1n) is 8.67. The van der Waals surface area contributed by atoms with Crippen molar-refractivity contribution in [2.24, 2.45) is 0 Å². The average molecular weight is 402 g/mol. The van der Waals surface area contributed by atoms with Gasteiger partial charge in [0.05, 0.1) is 11.1 Å². The Kier molecular flexibility index (Phi) is 5.08. The summed E-state index contributed by atoms with van der Waals surface area (Å²) in [5.74, 6) is -1.35. The number of hydrogen-bond acceptors (Lipinski definition) is 6. The Morgan fingerprint density at radius 2 is 2.18 bits per heavy atom. The number of benzene rings is 1. The van der Waals surface area contributed by atoms with Crippen LogP contribution in [0.3, 0.4) is 0 Å². The molecular formula is C19H16F2N4O2S. The van der Waals surface area contributed by atoms with Gasteiger partial charge in [0.2, 0.25) is 11.7 Å². The first kappa shape index (κ1) is 18.5. The summed E-state index contributed by atoms with van der Waals surface area (Å²) in [7, 11) is 0. The van der Waals surface area contributed by atoms with Crippen LogP contribution in [0, 0.1) is 11.6 Å². The molecule has 9 heteroatoms. The summed E-state index contributed by atoms with van der Waals surface area (Å²) in [5.41, 5.74) is 0.565. The Hall–Kier alpha value is -2.81. The maximum Gasteiger partial charge on any atom is 0.257 e. The van der Waals surface area contributed by atoms with Crippen LogP contribution in [0.2, 0.25) is 0 Å². The molecule has 1 fully saturated rings. The van der Waals surface area contributed by atoms with Crippen LogP contribution in [0.15, 0.2) is 46.1 Å². The van der Waals surface area contributed by atoms with Crippen LogP contribution < -0.4 is 0 Å². The molecule has 1 atom stereocenters. The van der Waals surface area contributed by atoms with Crippen molar-refractivity contribution in [3.8, 4) is 11.4 Å². The first-order chi connectivity index (χ1) is 13.6. The molecule has 28 heavy (non-hydrogen) atoms. The zero-order chi connectivity index (χ0) is 19.7. The lowest BCUT2D eigenvalue weighted by Gasteiger charge is -2.22. The van der Waals surface area contributed by atoms with Gasteiger partial charge in [0.1, 0.15) is 22.7 Å². The van der Waals surface area contributed by atoms with Crippen LogP contribution in [0.4, 0.5) is 8.78 Å². The molecule has 2 aromatic heterocycles. The van der Waals surface area contributed by atoms with E-state index in [-0.39, 0.29) is 23.2 Å². The minimum atomic E-state index is -0.772. The van der Waals surface area contributed by atoms with E-state index in [9.17, 15) is 13.6 Å². The molecule has 0 radical (unpaired) electrons. The Labute approximate surface area is 164 Å². The molecular weight excluding hydrogens is 386 g/mol. The Balaban J connectivity index is 1.62. The van der Waals surface area contributed by atoms with Crippen LogP contribution >= 0.6 is 11.8 Å². The highest BCUT2D eigenvalue weighted by atomic mass is 32.2. The highest BCUT2D eigenvalue weighted by Gasteiger charge is 2.35. The van der Waals surface area contributed by atoms with Crippen molar-refractivity contribution in [3.05, 3.63) is 59.6 Å². The molecule has 1 aromatic carbocycles. The highest BCUT2D eigenvalue weighted by molar-refractivity contribution is 7.98. The number of halogens is 2. The van der Waals surface area contributed by atoms with Crippen molar-refractivity contribution in [2.75, 3.05) is 12.8 Å². The molecule has 3 aromatic rings. The second-order valence-electron chi connectivity index (χ2n) is 6.30. The van der Waals surface area contributed by atoms with Gasteiger partial charge in [0.25, 0.3) is 5.91 Å². The molecule has 1 saturated heterocycles. The minimum absolute atomic E-state index is 0.0259. The minimum Gasteiger partial charge on any atom is -0.337 e. The SMILES string of the molecule is CSc1ncccc1C(=O)N1CCC[C@@H]1c1nc(-c2ccc(F)cc2F)no1. The molecule has 4 rings (SSSR count). The first-order valence-corrected chi connectivity index (χ1v) is 9.90. The van der Waals surface area contributed by atoms with Gasteiger partial charge < -0.3 is 9.42 Å². The maximum absolute atomic E-state index is 14.0. The van der Waals surface area contributed by atoms with E-state index in [1.54, 1.807) is 23.2 Å². The largest absolute Gasteiger partial charge is 0.337 e. The van der Waals surface area contributed by atoms with Crippen LogP contribution in [0.25, 0.3) is 11.4 Å². The molecule has 1 amide bonds. The van der Waals surface area contributed by atoms with Crippen molar-refractivity contribution in [1.29, 1.82) is 0 Å². The number of amides is 1. The van der Waals surface area contributed by atoms with Crippen molar-refractivity contribution < 1.29 is 18.1 Å². The second-order valence-corrected chi connectivity index (χ2v) is 7.09. The predicted molar refractivity (Wildman–Crippen MR) is 98.7 cm³/mol. The number of aromatic nitrogens is 3. The Bertz CT molecular complexity index is 1030. The van der Waals surface area contributed by atoms with Crippen molar-refractivity contribution >= 4 is 17.7 Å². The van der Waals surface area contributed by atoms with Gasteiger partial charge in [-0.25, -0.2) is 13.8 Å². The monoisotopic (exact) mass is 402 g/mol. The summed E-state index contributed by atoms with van der Waals surface area (Å²) in [6.45, 7) is 0.550. The number of carbonyl (C=O) groups excluding carboxylic acids is 1. The molecule has 144 valence electrons. The second kappa shape index (κ2) is 7.67. The van der Waals surface area contributed by atoms with Crippen LogP contribution in [0.5, 0.6) is 0 Å². The topological polar surface area (TPSA) is 72.1 Å². The summed E-state index contributed by atoms with van der Waals surface area (Å²) < 4.78 is 32.4. The van der Waals surface area contributed by atoms with Gasteiger partial charge in [-0.15, -0.1) is 11.8 Å². The number of nitrogens with zero attached hydrogens (tertiary/aromatic N) is 4. The lowest BCUT2D eigenvalue weighted by molar-refractivity contribution is 0.0705. The van der Waals surface area contributed by atoms with E-state index in [0.29, 0.717) is 23.6 Å². The summed E-state index contributed by atoms with van der Waals surface area (Å²) in [4.78, 5) is 23.2. The van der Waals surface area contributed by atoms with Gasteiger partial charge in [0.15, 0.2) is 0 Å². The number of pyridine rings is 1. The molecule has 1 aliphatic heterocycles. The van der Waals surface area contributed by atoms with Gasteiger partial charge in [0, 0.05) is 18.8 Å². The molecule has 0 aliphatic carbocycles. The quantitative estimate of drug-likeness (QED) is 0.612. The van der Waals surface area contributed by atoms with E-state index < -0.39 is 17.7 Å². The molecule has 3 heterocycles. The zero-order valence-corrected chi connectivity index (χ0v) is 15.7. The van der Waals surface area contributed by atoms with Crippen molar-refractivity contribution in [3.63, 3.8) is 0 Å². The third-order valence-corrected chi connectivity index (χ3v) is 5.32. The molecule has 0 bridgehead atoms. The number of likely N-dealkylation sites (tertiary alicyclic amines) is 1. The van der Waals surface area contributed by atoms with Gasteiger partial charge >= 0.3 is 0 Å². The van der Waals surface area contributed by atoms with Crippen LogP contribution in [-0.2, 0) is 0 Å². The standard InChI is InChI=1S/C19H16F2N4O2S/c1-28-18-13(4-2-8-22-18)19(26)25-9-3-5-15(25)17-23-16(24-27-17)12-7-6-11(20)10-14(12)21/h2,4,6-8,10,15H,3,5,9H2,1H3/t15-/m1/s1. The summed E-state index contributed by atoms with van der Waals surface area (Å²) in [5, 5.41) is 4.47. The average Bonchev–Trinajstić information content (AvgIpc) is 3.36. The van der Waals surface area contributed by atoms with Crippen molar-refractivity contribution in [1.82, 2.24) is 20.0 Å². The number of carbonyl (C=O) groups is 1. The number of rotatable bonds is 4. The van der Waals surface area contributed by atoms with E-state index in [1.165, 1.54) is 17.8 Å². The number of thioether (sulfide) groups is 1. The third kappa shape index (κ3) is 3.37. The van der Waals surface area contributed by atoms with Gasteiger partial charge in [-0.3, -0.25) is 4.79 Å². The van der Waals surface area contributed by atoms with Crippen LogP contribution in [0.1, 0.15) is 35.1 Å². The molecule has 0 saturated carbocycles. The predicted octanol–water partition coefficient (Wildman–Crippen LogP) is 4.11. The maximum atomic E-state index is 14.0. The van der Waals surface area contributed by atoms with Crippen molar-refractivity contribution in [2.45, 2.75) is 23.9 Å². The van der Waals surface area contributed by atoms with Crippen LogP contribution in [-0.4, -0.2) is 38.7 Å². The summed E-state index contributed by atoms with van der Waals surface area (Å²) >= 11 is 1.40. The zero-order valence-electron chi connectivity index (χ0n) is 14.9. The van der Waals surface area contributed by atoms with Gasteiger partial charge in [-0.05, 0) is 43.4 Å². The molecule has 0 spiro atoms. The molecule has 0 unspecified atom stereocenters. The van der Waals surface area contributed by atoms with E-state index >= 15 is 0 Å². The fourth-order valence-electron chi connectivity index (χ4n) is 3.29. The fraction of sp³-hybridized carbons (Fsp3) is 0.263. The normalized spacial score (nSPS) is 16.5. The Morgan fingerprint density at radius 3 is 2.96 bits per heavy atom. The lowest BCUT2D eigenvalue weighted by atomic mass is 10.2. The Morgan fingerprint density at radius 1 is 1.32 bits per heavy atom. The summed E-state index contributed by atoms with van der Waals surface area (Å²) in [6.07, 6.45) is 4.95.